The summed E-state index contributed by atoms with van der Waals surface area (Å²) in [4.78, 5) is 13.0. The second kappa shape index (κ2) is 42.1. The van der Waals surface area contributed by atoms with E-state index in [0.29, 0.717) is 6.42 Å². The van der Waals surface area contributed by atoms with Crippen LogP contribution in [0.25, 0.3) is 0 Å². The quantitative estimate of drug-likeness (QED) is 0.0262. The van der Waals surface area contributed by atoms with Crippen molar-refractivity contribution in [3.63, 3.8) is 0 Å². The monoisotopic (exact) mass is 862 g/mol. The van der Waals surface area contributed by atoms with Crippen molar-refractivity contribution < 1.29 is 39.8 Å². The number of nitrogens with one attached hydrogen (secondary N) is 1. The third-order valence-corrected chi connectivity index (χ3v) is 11.9. The Bertz CT molecular complexity index is 1090. The molecule has 1 amide bonds. The van der Waals surface area contributed by atoms with E-state index in [9.17, 15) is 30.3 Å². The molecule has 0 aromatic heterocycles. The van der Waals surface area contributed by atoms with Gasteiger partial charge in [0.2, 0.25) is 5.91 Å². The van der Waals surface area contributed by atoms with E-state index in [-0.39, 0.29) is 12.5 Å². The molecule has 0 aliphatic carbocycles. The summed E-state index contributed by atoms with van der Waals surface area (Å²) < 4.78 is 11.2. The number of rotatable bonds is 42. The molecule has 0 spiro atoms. The van der Waals surface area contributed by atoms with Gasteiger partial charge in [-0.15, -0.1) is 0 Å². The number of allylic oxidation sites excluding steroid dienone is 7. The first-order valence-electron chi connectivity index (χ1n) is 25.4. The maximum Gasteiger partial charge on any atom is 0.220 e. The molecule has 1 fully saturated rings. The van der Waals surface area contributed by atoms with Gasteiger partial charge in [0.15, 0.2) is 6.29 Å². The molecule has 0 radical (unpaired) electrons. The van der Waals surface area contributed by atoms with Crippen LogP contribution in [0.5, 0.6) is 0 Å². The maximum atomic E-state index is 13.0. The number of amides is 1. The van der Waals surface area contributed by atoms with Gasteiger partial charge in [-0.05, 0) is 70.6 Å². The zero-order chi connectivity index (χ0) is 44.4. The zero-order valence-electron chi connectivity index (χ0n) is 39.2. The Kier molecular flexibility index (Phi) is 39.5. The number of carbonyl (C=O) groups excluding carboxylic acids is 1. The van der Waals surface area contributed by atoms with Crippen LogP contribution in [-0.2, 0) is 14.3 Å². The lowest BCUT2D eigenvalue weighted by atomic mass is 9.99. The minimum Gasteiger partial charge on any atom is -0.394 e. The predicted molar refractivity (Wildman–Crippen MR) is 253 cm³/mol. The number of aliphatic hydroxyl groups is 5. The van der Waals surface area contributed by atoms with Gasteiger partial charge in [-0.1, -0.05) is 191 Å². The summed E-state index contributed by atoms with van der Waals surface area (Å²) in [5, 5.41) is 54.3. The molecule has 1 rings (SSSR count). The number of unbranched alkanes of at least 4 members (excludes halogenated alkanes) is 26. The van der Waals surface area contributed by atoms with Crippen LogP contribution in [0.1, 0.15) is 219 Å². The summed E-state index contributed by atoms with van der Waals surface area (Å²) in [6, 6.07) is -0.830. The first-order chi connectivity index (χ1) is 29.8. The van der Waals surface area contributed by atoms with Crippen LogP contribution in [0.4, 0.5) is 0 Å². The molecule has 356 valence electrons. The minimum atomic E-state index is -1.58. The van der Waals surface area contributed by atoms with Gasteiger partial charge in [-0.3, -0.25) is 4.79 Å². The van der Waals surface area contributed by atoms with Gasteiger partial charge in [0.25, 0.3) is 0 Å². The first kappa shape index (κ1) is 57.2. The standard InChI is InChI=1S/C52H95NO8/c1-3-5-7-9-11-13-15-17-19-21-23-24-25-27-29-31-33-35-37-39-41-46(55)45(44-60-52-51(59)50(58)49(57)47(43-54)61-52)53-48(56)42-40-38-36-34-32-30-28-26-22-20-18-16-14-12-10-8-6-4-2/h20,22,24-25,31,33,39,41,45-47,49-52,54-55,57-59H,3-19,21,23,26-30,32,34-38,40,42-44H2,1-2H3,(H,53,56)/b22-20-,25-24+,33-31+,41-39+. The molecule has 7 unspecified atom stereocenters. The molecule has 9 nitrogen and oxygen atoms in total. The van der Waals surface area contributed by atoms with Gasteiger partial charge in [-0.2, -0.15) is 0 Å². The summed E-state index contributed by atoms with van der Waals surface area (Å²) in [6.45, 7) is 3.75. The first-order valence-corrected chi connectivity index (χ1v) is 25.4. The molecule has 7 atom stereocenters. The van der Waals surface area contributed by atoms with Crippen LogP contribution in [0.2, 0.25) is 0 Å². The van der Waals surface area contributed by atoms with Crippen molar-refractivity contribution in [3.8, 4) is 0 Å². The Morgan fingerprint density at radius 3 is 1.38 bits per heavy atom. The lowest BCUT2D eigenvalue weighted by Crippen LogP contribution is -2.60. The molecule has 0 aromatic rings. The molecule has 0 saturated carbocycles. The predicted octanol–water partition coefficient (Wildman–Crippen LogP) is 11.4. The van der Waals surface area contributed by atoms with E-state index in [1.165, 1.54) is 141 Å². The molecular formula is C52H95NO8. The molecule has 1 saturated heterocycles. The normalized spacial score (nSPS) is 20.8. The fourth-order valence-electron chi connectivity index (χ4n) is 7.77. The number of aliphatic hydroxyl groups excluding tert-OH is 5. The van der Waals surface area contributed by atoms with Crippen molar-refractivity contribution >= 4 is 5.91 Å². The smallest absolute Gasteiger partial charge is 0.220 e. The van der Waals surface area contributed by atoms with Crippen molar-refractivity contribution in [2.75, 3.05) is 13.2 Å². The summed E-state index contributed by atoms with van der Waals surface area (Å²) in [5.74, 6) is -0.196. The molecule has 61 heavy (non-hydrogen) atoms. The van der Waals surface area contributed by atoms with E-state index < -0.39 is 49.5 Å². The number of carbonyl (C=O) groups is 1. The zero-order valence-corrected chi connectivity index (χ0v) is 39.2. The Morgan fingerprint density at radius 1 is 0.541 bits per heavy atom. The second-order valence-corrected chi connectivity index (χ2v) is 17.6. The van der Waals surface area contributed by atoms with Crippen molar-refractivity contribution in [3.05, 3.63) is 48.6 Å². The summed E-state index contributed by atoms with van der Waals surface area (Å²) in [6.07, 6.45) is 47.3. The third kappa shape index (κ3) is 32.5. The van der Waals surface area contributed by atoms with Crippen LogP contribution >= 0.6 is 0 Å². The molecule has 1 heterocycles. The van der Waals surface area contributed by atoms with E-state index in [4.69, 9.17) is 9.47 Å². The van der Waals surface area contributed by atoms with E-state index >= 15 is 0 Å². The third-order valence-electron chi connectivity index (χ3n) is 11.9. The van der Waals surface area contributed by atoms with Gasteiger partial charge < -0.3 is 40.3 Å². The van der Waals surface area contributed by atoms with Gasteiger partial charge in [0.1, 0.15) is 24.4 Å². The fourth-order valence-corrected chi connectivity index (χ4v) is 7.77. The molecule has 1 aliphatic rings. The van der Waals surface area contributed by atoms with Crippen LogP contribution in [0.3, 0.4) is 0 Å². The van der Waals surface area contributed by atoms with Crippen molar-refractivity contribution in [2.45, 2.75) is 262 Å². The molecular weight excluding hydrogens is 767 g/mol. The fraction of sp³-hybridized carbons (Fsp3) is 0.827. The second-order valence-electron chi connectivity index (χ2n) is 17.6. The van der Waals surface area contributed by atoms with E-state index in [1.54, 1.807) is 6.08 Å². The van der Waals surface area contributed by atoms with Gasteiger partial charge >= 0.3 is 0 Å². The largest absolute Gasteiger partial charge is 0.394 e. The van der Waals surface area contributed by atoms with E-state index in [2.05, 4.69) is 55.6 Å². The highest BCUT2D eigenvalue weighted by Gasteiger charge is 2.44. The summed E-state index contributed by atoms with van der Waals surface area (Å²) in [5.41, 5.74) is 0. The molecule has 0 bridgehead atoms. The van der Waals surface area contributed by atoms with Crippen LogP contribution in [0, 0.1) is 0 Å². The molecule has 0 aromatic carbocycles. The molecule has 9 heteroatoms. The average Bonchev–Trinajstić information content (AvgIpc) is 3.26. The minimum absolute atomic E-state index is 0.196. The van der Waals surface area contributed by atoms with Crippen LogP contribution < -0.4 is 5.32 Å². The Morgan fingerprint density at radius 2 is 0.934 bits per heavy atom. The average molecular weight is 862 g/mol. The van der Waals surface area contributed by atoms with Crippen molar-refractivity contribution in [2.24, 2.45) is 0 Å². The lowest BCUT2D eigenvalue weighted by Gasteiger charge is -2.40. The van der Waals surface area contributed by atoms with E-state index in [0.717, 1.165) is 57.8 Å². The summed E-state index contributed by atoms with van der Waals surface area (Å²) >= 11 is 0. The van der Waals surface area contributed by atoms with Crippen LogP contribution in [-0.4, -0.2) is 87.5 Å². The van der Waals surface area contributed by atoms with E-state index in [1.807, 2.05) is 6.08 Å². The highest BCUT2D eigenvalue weighted by atomic mass is 16.7. The van der Waals surface area contributed by atoms with Gasteiger partial charge in [-0.25, -0.2) is 0 Å². The number of ether oxygens (including phenoxy) is 2. The number of hydrogen-bond donors (Lipinski definition) is 6. The Hall–Kier alpha value is -1.85. The summed E-state index contributed by atoms with van der Waals surface area (Å²) in [7, 11) is 0. The highest BCUT2D eigenvalue weighted by Crippen LogP contribution is 2.22. The Labute approximate surface area is 373 Å². The molecule has 6 N–H and O–H groups in total. The van der Waals surface area contributed by atoms with Gasteiger partial charge in [0, 0.05) is 6.42 Å². The molecule has 1 aliphatic heterocycles. The van der Waals surface area contributed by atoms with Crippen molar-refractivity contribution in [1.29, 1.82) is 0 Å². The van der Waals surface area contributed by atoms with Gasteiger partial charge in [0.05, 0.1) is 25.4 Å². The maximum absolute atomic E-state index is 13.0. The van der Waals surface area contributed by atoms with Crippen LogP contribution in [0.15, 0.2) is 48.6 Å². The lowest BCUT2D eigenvalue weighted by molar-refractivity contribution is -0.302. The van der Waals surface area contributed by atoms with Crippen molar-refractivity contribution in [1.82, 2.24) is 5.32 Å². The number of hydrogen-bond acceptors (Lipinski definition) is 8. The highest BCUT2D eigenvalue weighted by molar-refractivity contribution is 5.76. The topological polar surface area (TPSA) is 149 Å². The Balaban J connectivity index is 2.35. The SMILES string of the molecule is CCCCCCCCC/C=C\CCCCCCCCCC(=O)NC(COC1OC(CO)C(O)C(O)C1O)C(O)/C=C/CC/C=C/CC/C=C/CCCCCCCCCCCC.